The molecule has 2 fully saturated rings. The van der Waals surface area contributed by atoms with Crippen LogP contribution in [0.15, 0.2) is 18.2 Å². The average molecular weight is 289 g/mol. The van der Waals surface area contributed by atoms with E-state index in [4.69, 9.17) is 10.5 Å². The number of nitrogens with zero attached hydrogens (tertiary/aromatic N) is 2. The molecule has 2 aliphatic heterocycles. The molecule has 4 nitrogen and oxygen atoms in total. The average Bonchev–Trinajstić information content (AvgIpc) is 2.49. The third-order valence-electron chi connectivity index (χ3n) is 5.18. The number of anilines is 1. The lowest BCUT2D eigenvalue weighted by atomic mass is 9.84. The van der Waals surface area contributed by atoms with Gasteiger partial charge in [0.1, 0.15) is 5.75 Å². The van der Waals surface area contributed by atoms with Gasteiger partial charge >= 0.3 is 0 Å². The Balaban J connectivity index is 1.64. The molecule has 4 heteroatoms. The molecule has 1 aromatic carbocycles. The quantitative estimate of drug-likeness (QED) is 0.866. The van der Waals surface area contributed by atoms with E-state index in [1.54, 1.807) is 7.11 Å². The van der Waals surface area contributed by atoms with Crippen LogP contribution in [0.5, 0.6) is 5.75 Å². The second kappa shape index (κ2) is 6.24. The van der Waals surface area contributed by atoms with E-state index >= 15 is 0 Å². The summed E-state index contributed by atoms with van der Waals surface area (Å²) in [6.07, 6.45) is 4.01. The summed E-state index contributed by atoms with van der Waals surface area (Å²) >= 11 is 0. The minimum absolute atomic E-state index is 0.795. The Morgan fingerprint density at radius 1 is 1.29 bits per heavy atom. The van der Waals surface area contributed by atoms with E-state index in [-0.39, 0.29) is 0 Å². The van der Waals surface area contributed by atoms with Crippen molar-refractivity contribution >= 4 is 5.69 Å². The molecule has 2 N–H and O–H groups in total. The summed E-state index contributed by atoms with van der Waals surface area (Å²) in [5.41, 5.74) is 8.22. The molecule has 2 aliphatic rings. The monoisotopic (exact) mass is 289 g/mol. The van der Waals surface area contributed by atoms with Crippen molar-refractivity contribution in [1.29, 1.82) is 0 Å². The molecule has 21 heavy (non-hydrogen) atoms. The van der Waals surface area contributed by atoms with Crippen molar-refractivity contribution in [1.82, 2.24) is 9.80 Å². The van der Waals surface area contributed by atoms with E-state index in [0.717, 1.165) is 29.9 Å². The summed E-state index contributed by atoms with van der Waals surface area (Å²) in [5, 5.41) is 0. The molecule has 0 aliphatic carbocycles. The predicted molar refractivity (Wildman–Crippen MR) is 86.4 cm³/mol. The predicted octanol–water partition coefficient (Wildman–Crippen LogP) is 2.19. The number of nitrogen functional groups attached to an aromatic ring is 1. The molecule has 2 heterocycles. The van der Waals surface area contributed by atoms with E-state index in [2.05, 4.69) is 22.9 Å². The van der Waals surface area contributed by atoms with Gasteiger partial charge in [0.2, 0.25) is 0 Å². The second-order valence-electron chi connectivity index (χ2n) is 6.54. The SMILES string of the molecule is COc1ccc(CN2CCC3C(CCCN3C)C2)c(N)c1. The number of likely N-dealkylation sites (tertiary alicyclic amines) is 2. The Hall–Kier alpha value is -1.26. The van der Waals surface area contributed by atoms with Gasteiger partial charge in [-0.2, -0.15) is 0 Å². The number of rotatable bonds is 3. The molecule has 0 bridgehead atoms. The number of methoxy groups -OCH3 is 1. The first kappa shape index (κ1) is 14.7. The Morgan fingerprint density at radius 3 is 2.90 bits per heavy atom. The lowest BCUT2D eigenvalue weighted by molar-refractivity contribution is 0.0355. The first-order chi connectivity index (χ1) is 10.2. The highest BCUT2D eigenvalue weighted by molar-refractivity contribution is 5.51. The molecule has 2 saturated heterocycles. The van der Waals surface area contributed by atoms with Gasteiger partial charge in [-0.05, 0) is 56.9 Å². The van der Waals surface area contributed by atoms with Crippen molar-refractivity contribution in [3.05, 3.63) is 23.8 Å². The summed E-state index contributed by atoms with van der Waals surface area (Å²) in [6.45, 7) is 4.62. The smallest absolute Gasteiger partial charge is 0.120 e. The molecule has 2 atom stereocenters. The zero-order chi connectivity index (χ0) is 14.8. The molecule has 3 rings (SSSR count). The van der Waals surface area contributed by atoms with Gasteiger partial charge < -0.3 is 15.4 Å². The number of ether oxygens (including phenoxy) is 1. The van der Waals surface area contributed by atoms with Crippen LogP contribution in [0.4, 0.5) is 5.69 Å². The van der Waals surface area contributed by atoms with E-state index in [9.17, 15) is 0 Å². The molecule has 0 amide bonds. The van der Waals surface area contributed by atoms with Crippen LogP contribution >= 0.6 is 0 Å². The Labute approximate surface area is 127 Å². The van der Waals surface area contributed by atoms with Crippen molar-refractivity contribution in [3.63, 3.8) is 0 Å². The van der Waals surface area contributed by atoms with Crippen molar-refractivity contribution in [2.45, 2.75) is 31.8 Å². The van der Waals surface area contributed by atoms with Crippen molar-refractivity contribution < 1.29 is 4.74 Å². The normalized spacial score (nSPS) is 27.3. The molecular weight excluding hydrogens is 262 g/mol. The van der Waals surface area contributed by atoms with Crippen molar-refractivity contribution in [3.8, 4) is 5.75 Å². The fourth-order valence-corrected chi connectivity index (χ4v) is 3.96. The van der Waals surface area contributed by atoms with Crippen LogP contribution in [0.25, 0.3) is 0 Å². The minimum Gasteiger partial charge on any atom is -0.497 e. The molecular formula is C17H27N3O. The van der Waals surface area contributed by atoms with Gasteiger partial charge in [0.25, 0.3) is 0 Å². The zero-order valence-electron chi connectivity index (χ0n) is 13.2. The van der Waals surface area contributed by atoms with E-state index < -0.39 is 0 Å². The van der Waals surface area contributed by atoms with E-state index in [0.29, 0.717) is 0 Å². The largest absolute Gasteiger partial charge is 0.497 e. The van der Waals surface area contributed by atoms with Gasteiger partial charge in [-0.25, -0.2) is 0 Å². The van der Waals surface area contributed by atoms with E-state index in [1.165, 1.54) is 44.5 Å². The number of piperidine rings is 2. The fourth-order valence-electron chi connectivity index (χ4n) is 3.96. The van der Waals surface area contributed by atoms with Crippen LogP contribution in [0.1, 0.15) is 24.8 Å². The van der Waals surface area contributed by atoms with E-state index in [1.807, 2.05) is 12.1 Å². The van der Waals surface area contributed by atoms with Gasteiger partial charge in [0, 0.05) is 30.9 Å². The highest BCUT2D eigenvalue weighted by Gasteiger charge is 2.34. The first-order valence-electron chi connectivity index (χ1n) is 8.02. The molecule has 0 radical (unpaired) electrons. The Bertz CT molecular complexity index is 491. The lowest BCUT2D eigenvalue weighted by Crippen LogP contribution is -2.52. The molecule has 1 aromatic rings. The van der Waals surface area contributed by atoms with Gasteiger partial charge in [-0.15, -0.1) is 0 Å². The van der Waals surface area contributed by atoms with Crippen LogP contribution in [0.3, 0.4) is 0 Å². The molecule has 116 valence electrons. The maximum atomic E-state index is 6.15. The van der Waals surface area contributed by atoms with Crippen LogP contribution in [0.2, 0.25) is 0 Å². The second-order valence-corrected chi connectivity index (χ2v) is 6.54. The van der Waals surface area contributed by atoms with Gasteiger partial charge in [0.05, 0.1) is 7.11 Å². The summed E-state index contributed by atoms with van der Waals surface area (Å²) in [6, 6.07) is 6.83. The maximum Gasteiger partial charge on any atom is 0.120 e. The van der Waals surface area contributed by atoms with Crippen molar-refractivity contribution in [2.75, 3.05) is 39.5 Å². The van der Waals surface area contributed by atoms with Crippen LogP contribution in [-0.2, 0) is 6.54 Å². The van der Waals surface area contributed by atoms with Gasteiger partial charge in [-0.1, -0.05) is 6.07 Å². The fraction of sp³-hybridized carbons (Fsp3) is 0.647. The third kappa shape index (κ3) is 3.16. The third-order valence-corrected chi connectivity index (χ3v) is 5.18. The number of fused-ring (bicyclic) bond motifs is 1. The standard InChI is InChI=1S/C17H27N3O/c1-19-8-3-4-14-12-20(9-7-17(14)19)11-13-5-6-15(21-2)10-16(13)18/h5-6,10,14,17H,3-4,7-9,11-12,18H2,1-2H3. The Morgan fingerprint density at radius 2 is 2.14 bits per heavy atom. The number of hydrogen-bond acceptors (Lipinski definition) is 4. The van der Waals surface area contributed by atoms with Crippen LogP contribution in [-0.4, -0.2) is 49.6 Å². The molecule has 2 unspecified atom stereocenters. The number of nitrogens with two attached hydrogens (primary N) is 1. The first-order valence-corrected chi connectivity index (χ1v) is 8.02. The summed E-state index contributed by atoms with van der Waals surface area (Å²) in [7, 11) is 3.97. The lowest BCUT2D eigenvalue weighted by Gasteiger charge is -2.46. The van der Waals surface area contributed by atoms with Gasteiger partial charge in [0.15, 0.2) is 0 Å². The van der Waals surface area contributed by atoms with Crippen LogP contribution in [0, 0.1) is 5.92 Å². The molecule has 0 spiro atoms. The number of benzene rings is 1. The zero-order valence-corrected chi connectivity index (χ0v) is 13.2. The maximum absolute atomic E-state index is 6.15. The van der Waals surface area contributed by atoms with Crippen LogP contribution < -0.4 is 10.5 Å². The topological polar surface area (TPSA) is 41.7 Å². The summed E-state index contributed by atoms with van der Waals surface area (Å²) < 4.78 is 5.22. The highest BCUT2D eigenvalue weighted by Crippen LogP contribution is 2.31. The summed E-state index contributed by atoms with van der Waals surface area (Å²) in [4.78, 5) is 5.13. The Kier molecular flexibility index (Phi) is 4.36. The molecule has 0 saturated carbocycles. The molecule has 0 aromatic heterocycles. The summed E-state index contributed by atoms with van der Waals surface area (Å²) in [5.74, 6) is 1.67. The van der Waals surface area contributed by atoms with Gasteiger partial charge in [-0.3, -0.25) is 4.90 Å². The van der Waals surface area contributed by atoms with Crippen molar-refractivity contribution in [2.24, 2.45) is 5.92 Å². The number of hydrogen-bond donors (Lipinski definition) is 1. The highest BCUT2D eigenvalue weighted by atomic mass is 16.5. The minimum atomic E-state index is 0.795.